The van der Waals surface area contributed by atoms with Crippen molar-refractivity contribution in [2.24, 2.45) is 5.73 Å². The summed E-state index contributed by atoms with van der Waals surface area (Å²) in [5.41, 5.74) is 5.38. The van der Waals surface area contributed by atoms with E-state index in [1.807, 2.05) is 13.8 Å². The number of nitrogens with two attached hydrogens (primary N) is 1. The first-order chi connectivity index (χ1) is 3.66. The normalized spacial score (nSPS) is 17.9. The van der Waals surface area contributed by atoms with Gasteiger partial charge in [0.1, 0.15) is 0 Å². The molecule has 0 amide bonds. The van der Waals surface area contributed by atoms with Crippen molar-refractivity contribution in [2.75, 3.05) is 11.5 Å². The predicted molar refractivity (Wildman–Crippen MR) is 37.2 cm³/mol. The molecule has 0 rings (SSSR count). The lowest BCUT2D eigenvalue weighted by Gasteiger charge is -2.00. The summed E-state index contributed by atoms with van der Waals surface area (Å²) in [5, 5.41) is 0. The van der Waals surface area contributed by atoms with Crippen molar-refractivity contribution in [1.82, 2.24) is 0 Å². The van der Waals surface area contributed by atoms with Gasteiger partial charge in [-0.15, -0.1) is 0 Å². The van der Waals surface area contributed by atoms with Gasteiger partial charge in [0.05, 0.1) is 0 Å². The lowest BCUT2D eigenvalue weighted by atomic mass is 10.4. The Hall–Kier alpha value is 0.110. The van der Waals surface area contributed by atoms with Gasteiger partial charge < -0.3 is 5.73 Å². The molecule has 0 heterocycles. The van der Waals surface area contributed by atoms with E-state index in [-0.39, 0.29) is 6.04 Å². The summed E-state index contributed by atoms with van der Waals surface area (Å²) < 4.78 is 10.7. The van der Waals surface area contributed by atoms with E-state index < -0.39 is 10.8 Å². The summed E-state index contributed by atoms with van der Waals surface area (Å²) in [7, 11) is -0.682. The summed E-state index contributed by atoms with van der Waals surface area (Å²) in [4.78, 5) is 0. The Balaban J connectivity index is 3.25. The van der Waals surface area contributed by atoms with Gasteiger partial charge >= 0.3 is 0 Å². The van der Waals surface area contributed by atoms with Crippen LogP contribution in [0.15, 0.2) is 0 Å². The van der Waals surface area contributed by atoms with Crippen molar-refractivity contribution in [3.8, 4) is 0 Å². The highest BCUT2D eigenvalue weighted by Crippen LogP contribution is 1.83. The third-order valence-corrected chi connectivity index (χ3v) is 2.31. The van der Waals surface area contributed by atoms with Crippen LogP contribution in [0, 0.1) is 0 Å². The average Bonchev–Trinajstić information content (AvgIpc) is 1.65. The van der Waals surface area contributed by atoms with Crippen LogP contribution >= 0.6 is 0 Å². The van der Waals surface area contributed by atoms with E-state index in [0.717, 1.165) is 5.75 Å². The van der Waals surface area contributed by atoms with Crippen LogP contribution in [0.3, 0.4) is 0 Å². The standard InChI is InChI=1S/C5H13NOS/c1-3-8(7)4-5(2)6/h5H,3-4,6H2,1-2H3. The Morgan fingerprint density at radius 3 is 2.38 bits per heavy atom. The first kappa shape index (κ1) is 8.11. The van der Waals surface area contributed by atoms with E-state index in [1.165, 1.54) is 0 Å². The Morgan fingerprint density at radius 1 is 1.75 bits per heavy atom. The second kappa shape index (κ2) is 4.04. The molecule has 0 aliphatic heterocycles. The lowest BCUT2D eigenvalue weighted by molar-refractivity contribution is 0.677. The molecule has 2 atom stereocenters. The molecule has 3 heteroatoms. The maximum absolute atomic E-state index is 10.7. The fraction of sp³-hybridized carbons (Fsp3) is 1.00. The van der Waals surface area contributed by atoms with E-state index in [1.54, 1.807) is 0 Å². The number of hydrogen-bond donors (Lipinski definition) is 1. The van der Waals surface area contributed by atoms with Crippen molar-refractivity contribution >= 4 is 10.8 Å². The summed E-state index contributed by atoms with van der Waals surface area (Å²) in [6.45, 7) is 3.77. The molecule has 50 valence electrons. The van der Waals surface area contributed by atoms with Gasteiger partial charge in [0.2, 0.25) is 0 Å². The minimum atomic E-state index is -0.682. The average molecular weight is 135 g/mol. The largest absolute Gasteiger partial charge is 0.327 e. The van der Waals surface area contributed by atoms with Gasteiger partial charge in [-0.3, -0.25) is 4.21 Å². The van der Waals surface area contributed by atoms with E-state index in [9.17, 15) is 4.21 Å². The zero-order valence-electron chi connectivity index (χ0n) is 5.39. The van der Waals surface area contributed by atoms with Crippen LogP contribution in [0.4, 0.5) is 0 Å². The molecule has 2 N–H and O–H groups in total. The molecule has 0 spiro atoms. The van der Waals surface area contributed by atoms with Crippen LogP contribution in [0.25, 0.3) is 0 Å². The summed E-state index contributed by atoms with van der Waals surface area (Å²) in [6.07, 6.45) is 0. The number of rotatable bonds is 3. The quantitative estimate of drug-likeness (QED) is 0.596. The number of hydrogen-bond acceptors (Lipinski definition) is 2. The van der Waals surface area contributed by atoms with E-state index in [0.29, 0.717) is 5.75 Å². The maximum Gasteiger partial charge on any atom is 0.0383 e. The van der Waals surface area contributed by atoms with Crippen LogP contribution < -0.4 is 5.73 Å². The molecular weight excluding hydrogens is 122 g/mol. The van der Waals surface area contributed by atoms with E-state index in [4.69, 9.17) is 5.73 Å². The molecule has 0 aromatic heterocycles. The van der Waals surface area contributed by atoms with Crippen molar-refractivity contribution in [1.29, 1.82) is 0 Å². The van der Waals surface area contributed by atoms with Crippen LogP contribution in [0.2, 0.25) is 0 Å². The second-order valence-corrected chi connectivity index (χ2v) is 3.66. The van der Waals surface area contributed by atoms with Gasteiger partial charge in [-0.05, 0) is 6.92 Å². The summed E-state index contributed by atoms with van der Waals surface area (Å²) in [5.74, 6) is 1.36. The Labute approximate surface area is 52.9 Å². The Kier molecular flexibility index (Phi) is 4.09. The summed E-state index contributed by atoms with van der Waals surface area (Å²) >= 11 is 0. The molecule has 0 saturated carbocycles. The second-order valence-electron chi connectivity index (χ2n) is 1.87. The van der Waals surface area contributed by atoms with Gasteiger partial charge in [-0.25, -0.2) is 0 Å². The highest BCUT2D eigenvalue weighted by molar-refractivity contribution is 7.84. The molecule has 0 aromatic carbocycles. The van der Waals surface area contributed by atoms with Crippen LogP contribution in [0.1, 0.15) is 13.8 Å². The predicted octanol–water partition coefficient (Wildman–Crippen LogP) is 0.102. The zero-order chi connectivity index (χ0) is 6.57. The minimum absolute atomic E-state index is 0.0794. The SMILES string of the molecule is CCS(=O)CC(C)N. The fourth-order valence-electron chi connectivity index (χ4n) is 0.411. The molecule has 0 fully saturated rings. The fourth-order valence-corrected chi connectivity index (χ4v) is 1.23. The van der Waals surface area contributed by atoms with Gasteiger partial charge in [-0.1, -0.05) is 6.92 Å². The van der Waals surface area contributed by atoms with Gasteiger partial charge in [-0.2, -0.15) is 0 Å². The first-order valence-corrected chi connectivity index (χ1v) is 4.26. The third-order valence-electron chi connectivity index (χ3n) is 0.771. The van der Waals surface area contributed by atoms with Crippen LogP contribution in [-0.4, -0.2) is 21.8 Å². The minimum Gasteiger partial charge on any atom is -0.327 e. The van der Waals surface area contributed by atoms with Gasteiger partial charge in [0, 0.05) is 28.3 Å². The molecule has 8 heavy (non-hydrogen) atoms. The Bertz CT molecular complexity index is 82.5. The lowest BCUT2D eigenvalue weighted by Crippen LogP contribution is -2.23. The molecule has 0 saturated heterocycles. The van der Waals surface area contributed by atoms with Crippen LogP contribution in [-0.2, 0) is 10.8 Å². The molecule has 0 radical (unpaired) electrons. The van der Waals surface area contributed by atoms with E-state index in [2.05, 4.69) is 0 Å². The van der Waals surface area contributed by atoms with Crippen molar-refractivity contribution in [3.05, 3.63) is 0 Å². The molecular formula is C5H13NOS. The van der Waals surface area contributed by atoms with Crippen LogP contribution in [0.5, 0.6) is 0 Å². The third kappa shape index (κ3) is 4.27. The topological polar surface area (TPSA) is 43.1 Å². The van der Waals surface area contributed by atoms with Crippen molar-refractivity contribution in [2.45, 2.75) is 19.9 Å². The molecule has 0 aromatic rings. The zero-order valence-corrected chi connectivity index (χ0v) is 6.20. The monoisotopic (exact) mass is 135 g/mol. The maximum atomic E-state index is 10.7. The molecule has 2 nitrogen and oxygen atoms in total. The van der Waals surface area contributed by atoms with Gasteiger partial charge in [0.25, 0.3) is 0 Å². The summed E-state index contributed by atoms with van der Waals surface area (Å²) in [6, 6.07) is 0.0794. The highest BCUT2D eigenvalue weighted by atomic mass is 32.2. The van der Waals surface area contributed by atoms with Crippen molar-refractivity contribution < 1.29 is 4.21 Å². The first-order valence-electron chi connectivity index (χ1n) is 2.77. The highest BCUT2D eigenvalue weighted by Gasteiger charge is 1.98. The van der Waals surface area contributed by atoms with Crippen molar-refractivity contribution in [3.63, 3.8) is 0 Å². The molecule has 0 aliphatic rings. The van der Waals surface area contributed by atoms with Gasteiger partial charge in [0.15, 0.2) is 0 Å². The molecule has 2 unspecified atom stereocenters. The smallest absolute Gasteiger partial charge is 0.0383 e. The molecule has 0 aliphatic carbocycles. The molecule has 0 bridgehead atoms. The van der Waals surface area contributed by atoms with E-state index >= 15 is 0 Å². The Morgan fingerprint density at radius 2 is 2.25 bits per heavy atom.